The van der Waals surface area contributed by atoms with Gasteiger partial charge in [-0.3, -0.25) is 9.59 Å². The Hall–Kier alpha value is -2.63. The number of nitrogens with zero attached hydrogens (tertiary/aromatic N) is 1. The Bertz CT molecular complexity index is 1030. The van der Waals surface area contributed by atoms with Crippen molar-refractivity contribution in [3.63, 3.8) is 0 Å². The van der Waals surface area contributed by atoms with Gasteiger partial charge in [0.25, 0.3) is 11.5 Å². The molecule has 7 heteroatoms. The van der Waals surface area contributed by atoms with E-state index in [1.807, 2.05) is 0 Å². The molecule has 0 atom stereocenters. The number of aromatic nitrogens is 1. The molecule has 0 bridgehead atoms. The zero-order valence-corrected chi connectivity index (χ0v) is 14.9. The molecule has 0 spiro atoms. The van der Waals surface area contributed by atoms with Gasteiger partial charge in [-0.1, -0.05) is 41.4 Å². The van der Waals surface area contributed by atoms with Crippen molar-refractivity contribution in [2.24, 2.45) is 0 Å². The van der Waals surface area contributed by atoms with Crippen LogP contribution in [-0.4, -0.2) is 10.5 Å². The standard InChI is InChI=1S/C19H13Cl2FN2O2/c20-15-5-2-6-16(18(15)21)23-19(26)13-7-8-17(25)24(11-13)10-12-3-1-4-14(22)9-12/h1-9,11H,10H2,(H,23,26). The van der Waals surface area contributed by atoms with Crippen LogP contribution in [-0.2, 0) is 6.54 Å². The van der Waals surface area contributed by atoms with Crippen molar-refractivity contribution >= 4 is 34.8 Å². The summed E-state index contributed by atoms with van der Waals surface area (Å²) in [6.07, 6.45) is 1.42. The van der Waals surface area contributed by atoms with Gasteiger partial charge in [-0.2, -0.15) is 0 Å². The summed E-state index contributed by atoms with van der Waals surface area (Å²) in [4.78, 5) is 24.5. The molecule has 2 aromatic carbocycles. The number of nitrogens with one attached hydrogen (secondary N) is 1. The smallest absolute Gasteiger partial charge is 0.257 e. The van der Waals surface area contributed by atoms with Gasteiger partial charge in [0.05, 0.1) is 27.8 Å². The fourth-order valence-corrected chi connectivity index (χ4v) is 2.76. The predicted molar refractivity (Wildman–Crippen MR) is 101 cm³/mol. The Labute approximate surface area is 158 Å². The first kappa shape index (κ1) is 18.2. The van der Waals surface area contributed by atoms with Gasteiger partial charge in [0.1, 0.15) is 5.82 Å². The number of hydrogen-bond donors (Lipinski definition) is 1. The number of halogens is 3. The van der Waals surface area contributed by atoms with Gasteiger partial charge in [-0.25, -0.2) is 4.39 Å². The molecule has 0 aliphatic heterocycles. The van der Waals surface area contributed by atoms with E-state index in [4.69, 9.17) is 23.2 Å². The second-order valence-electron chi connectivity index (χ2n) is 5.57. The van der Waals surface area contributed by atoms with Crippen molar-refractivity contribution in [2.45, 2.75) is 6.54 Å². The van der Waals surface area contributed by atoms with E-state index in [1.165, 1.54) is 35.0 Å². The molecule has 0 saturated heterocycles. The van der Waals surface area contributed by atoms with Gasteiger partial charge in [0.2, 0.25) is 0 Å². The Morgan fingerprint density at radius 3 is 2.62 bits per heavy atom. The van der Waals surface area contributed by atoms with Crippen molar-refractivity contribution in [3.8, 4) is 0 Å². The van der Waals surface area contributed by atoms with E-state index in [0.29, 0.717) is 16.3 Å². The lowest BCUT2D eigenvalue weighted by Crippen LogP contribution is -2.22. The molecular formula is C19H13Cl2FN2O2. The molecule has 4 nitrogen and oxygen atoms in total. The summed E-state index contributed by atoms with van der Waals surface area (Å²) in [7, 11) is 0. The van der Waals surface area contributed by atoms with Crippen molar-refractivity contribution in [2.75, 3.05) is 5.32 Å². The second-order valence-corrected chi connectivity index (χ2v) is 6.35. The van der Waals surface area contributed by atoms with E-state index in [-0.39, 0.29) is 28.5 Å². The van der Waals surface area contributed by atoms with Crippen LogP contribution in [0.5, 0.6) is 0 Å². The minimum Gasteiger partial charge on any atom is -0.321 e. The van der Waals surface area contributed by atoms with Crippen LogP contribution in [0.25, 0.3) is 0 Å². The number of amides is 1. The highest BCUT2D eigenvalue weighted by molar-refractivity contribution is 6.44. The van der Waals surface area contributed by atoms with Gasteiger partial charge in [-0.15, -0.1) is 0 Å². The van der Waals surface area contributed by atoms with Crippen LogP contribution >= 0.6 is 23.2 Å². The number of hydrogen-bond acceptors (Lipinski definition) is 2. The van der Waals surface area contributed by atoms with Crippen LogP contribution in [0.2, 0.25) is 10.0 Å². The first-order chi connectivity index (χ1) is 12.4. The van der Waals surface area contributed by atoms with E-state index >= 15 is 0 Å². The van der Waals surface area contributed by atoms with Crippen LogP contribution in [0, 0.1) is 5.82 Å². The fourth-order valence-electron chi connectivity index (χ4n) is 2.42. The van der Waals surface area contributed by atoms with Crippen molar-refractivity contribution in [1.82, 2.24) is 4.57 Å². The SMILES string of the molecule is O=C(Nc1cccc(Cl)c1Cl)c1ccc(=O)n(Cc2cccc(F)c2)c1. The first-order valence-electron chi connectivity index (χ1n) is 7.64. The average molecular weight is 391 g/mol. The van der Waals surface area contributed by atoms with E-state index in [0.717, 1.165) is 0 Å². The molecule has 1 aromatic heterocycles. The van der Waals surface area contributed by atoms with E-state index in [1.54, 1.807) is 30.3 Å². The van der Waals surface area contributed by atoms with Crippen molar-refractivity contribution < 1.29 is 9.18 Å². The molecule has 0 unspecified atom stereocenters. The summed E-state index contributed by atoms with van der Waals surface area (Å²) in [6.45, 7) is 0.148. The maximum atomic E-state index is 13.3. The van der Waals surface area contributed by atoms with Gasteiger partial charge >= 0.3 is 0 Å². The highest BCUT2D eigenvalue weighted by Gasteiger charge is 2.12. The average Bonchev–Trinajstić information content (AvgIpc) is 2.61. The van der Waals surface area contributed by atoms with Crippen LogP contribution in [0.3, 0.4) is 0 Å². The molecule has 0 aliphatic rings. The van der Waals surface area contributed by atoms with E-state index < -0.39 is 5.91 Å². The van der Waals surface area contributed by atoms with Crippen LogP contribution in [0.4, 0.5) is 10.1 Å². The lowest BCUT2D eigenvalue weighted by atomic mass is 10.2. The van der Waals surface area contributed by atoms with Crippen LogP contribution in [0.1, 0.15) is 15.9 Å². The molecular weight excluding hydrogens is 378 g/mol. The van der Waals surface area contributed by atoms with Crippen LogP contribution < -0.4 is 10.9 Å². The van der Waals surface area contributed by atoms with E-state index in [9.17, 15) is 14.0 Å². The number of anilines is 1. The number of carbonyl (C=O) groups excluding carboxylic acids is 1. The summed E-state index contributed by atoms with van der Waals surface area (Å²) in [6, 6.07) is 13.5. The second kappa shape index (κ2) is 7.72. The Balaban J connectivity index is 1.85. The Morgan fingerprint density at radius 1 is 1.08 bits per heavy atom. The van der Waals surface area contributed by atoms with Gasteiger partial charge in [0, 0.05) is 12.3 Å². The summed E-state index contributed by atoms with van der Waals surface area (Å²) < 4.78 is 14.7. The van der Waals surface area contributed by atoms with Crippen molar-refractivity contribution in [3.05, 3.63) is 98.1 Å². The van der Waals surface area contributed by atoms with Gasteiger partial charge < -0.3 is 9.88 Å². The molecule has 26 heavy (non-hydrogen) atoms. The number of benzene rings is 2. The lowest BCUT2D eigenvalue weighted by molar-refractivity contribution is 0.102. The molecule has 0 radical (unpaired) electrons. The summed E-state index contributed by atoms with van der Waals surface area (Å²) in [5, 5.41) is 3.21. The molecule has 3 aromatic rings. The minimum absolute atomic E-state index is 0.148. The number of rotatable bonds is 4. The third kappa shape index (κ3) is 4.12. The third-order valence-electron chi connectivity index (χ3n) is 3.69. The molecule has 132 valence electrons. The Kier molecular flexibility index (Phi) is 5.40. The molecule has 1 amide bonds. The van der Waals surface area contributed by atoms with Crippen molar-refractivity contribution in [1.29, 1.82) is 0 Å². The van der Waals surface area contributed by atoms with E-state index in [2.05, 4.69) is 5.32 Å². The maximum Gasteiger partial charge on any atom is 0.257 e. The molecule has 3 rings (SSSR count). The monoisotopic (exact) mass is 390 g/mol. The largest absolute Gasteiger partial charge is 0.321 e. The molecule has 1 N–H and O–H groups in total. The topological polar surface area (TPSA) is 51.1 Å². The van der Waals surface area contributed by atoms with Gasteiger partial charge in [0.15, 0.2) is 0 Å². The maximum absolute atomic E-state index is 13.3. The molecule has 0 aliphatic carbocycles. The van der Waals surface area contributed by atoms with Crippen LogP contribution in [0.15, 0.2) is 65.6 Å². The zero-order chi connectivity index (χ0) is 18.7. The lowest BCUT2D eigenvalue weighted by Gasteiger charge is -2.10. The molecule has 1 heterocycles. The molecule has 0 fully saturated rings. The molecule has 0 saturated carbocycles. The first-order valence-corrected chi connectivity index (χ1v) is 8.40. The normalized spacial score (nSPS) is 10.6. The third-order valence-corrected chi connectivity index (χ3v) is 4.51. The number of pyridine rings is 1. The summed E-state index contributed by atoms with van der Waals surface area (Å²) in [5.74, 6) is -0.831. The highest BCUT2D eigenvalue weighted by Crippen LogP contribution is 2.29. The summed E-state index contributed by atoms with van der Waals surface area (Å²) in [5.41, 5.74) is 0.943. The Morgan fingerprint density at radius 2 is 1.85 bits per heavy atom. The predicted octanol–water partition coefficient (Wildman–Crippen LogP) is 4.59. The fraction of sp³-hybridized carbons (Fsp3) is 0.0526. The number of carbonyl (C=O) groups is 1. The minimum atomic E-state index is -0.442. The zero-order valence-electron chi connectivity index (χ0n) is 13.4. The quantitative estimate of drug-likeness (QED) is 0.707. The van der Waals surface area contributed by atoms with Gasteiger partial charge in [-0.05, 0) is 35.9 Å². The summed E-state index contributed by atoms with van der Waals surface area (Å²) >= 11 is 12.0. The highest BCUT2D eigenvalue weighted by atomic mass is 35.5.